The van der Waals surface area contributed by atoms with Crippen LogP contribution in [0.1, 0.15) is 21.5 Å². The minimum absolute atomic E-state index is 0.156. The van der Waals surface area contributed by atoms with Crippen LogP contribution in [0.2, 0.25) is 0 Å². The van der Waals surface area contributed by atoms with Gasteiger partial charge in [0.2, 0.25) is 0 Å². The number of amides is 1. The third-order valence-electron chi connectivity index (χ3n) is 3.88. The molecule has 5 nitrogen and oxygen atoms in total. The topological polar surface area (TPSA) is 66.8 Å². The number of thioether (sulfide) groups is 1. The molecule has 0 bridgehead atoms. The van der Waals surface area contributed by atoms with Crippen molar-refractivity contribution in [2.24, 2.45) is 0 Å². The van der Waals surface area contributed by atoms with Crippen LogP contribution >= 0.6 is 24.0 Å². The van der Waals surface area contributed by atoms with Crippen molar-refractivity contribution in [3.05, 3.63) is 64.1 Å². The number of rotatable bonds is 4. The predicted molar refractivity (Wildman–Crippen MR) is 107 cm³/mol. The van der Waals surface area contributed by atoms with Gasteiger partial charge >= 0.3 is 5.97 Å². The van der Waals surface area contributed by atoms with Crippen molar-refractivity contribution in [3.63, 3.8) is 0 Å². The van der Waals surface area contributed by atoms with E-state index in [0.717, 1.165) is 16.9 Å². The van der Waals surface area contributed by atoms with Crippen LogP contribution in [0.25, 0.3) is 6.08 Å². The third-order valence-corrected chi connectivity index (χ3v) is 5.18. The van der Waals surface area contributed by atoms with Gasteiger partial charge in [0.15, 0.2) is 4.32 Å². The Balaban J connectivity index is 1.88. The van der Waals surface area contributed by atoms with Gasteiger partial charge in [0, 0.05) is 0 Å². The molecule has 2 aromatic rings. The van der Waals surface area contributed by atoms with E-state index >= 15 is 0 Å². The molecular weight excluding hydrogens is 370 g/mol. The van der Waals surface area contributed by atoms with Gasteiger partial charge in [0.25, 0.3) is 5.91 Å². The molecule has 1 aliphatic rings. The largest absolute Gasteiger partial charge is 0.496 e. The highest BCUT2D eigenvalue weighted by Gasteiger charge is 2.33. The molecule has 0 aromatic heterocycles. The number of aryl methyl sites for hydroxylation is 1. The highest BCUT2D eigenvalue weighted by molar-refractivity contribution is 8.27. The molecule has 3 rings (SSSR count). The molecule has 1 aliphatic heterocycles. The average Bonchev–Trinajstić information content (AvgIpc) is 2.89. The van der Waals surface area contributed by atoms with Gasteiger partial charge in [0.1, 0.15) is 5.75 Å². The molecule has 0 unspecified atom stereocenters. The lowest BCUT2D eigenvalue weighted by Gasteiger charge is -2.14. The number of carboxylic acid groups (broad SMARTS) is 1. The van der Waals surface area contributed by atoms with Crippen molar-refractivity contribution in [1.29, 1.82) is 0 Å². The fourth-order valence-electron chi connectivity index (χ4n) is 2.59. The first-order chi connectivity index (χ1) is 12.4. The Morgan fingerprint density at radius 1 is 1.23 bits per heavy atom. The highest BCUT2D eigenvalue weighted by atomic mass is 32.2. The van der Waals surface area contributed by atoms with Crippen LogP contribution < -0.4 is 9.64 Å². The first-order valence-electron chi connectivity index (χ1n) is 7.66. The SMILES string of the molecule is COc1ccc(C=C2SC(=S)N(c3ccc(C(=O)O)cc3)C2=O)cc1C. The summed E-state index contributed by atoms with van der Waals surface area (Å²) in [5.41, 5.74) is 2.56. The Kier molecular flexibility index (Phi) is 5.11. The summed E-state index contributed by atoms with van der Waals surface area (Å²) in [6.07, 6.45) is 1.79. The molecule has 0 saturated carbocycles. The van der Waals surface area contributed by atoms with Crippen LogP contribution in [0, 0.1) is 6.92 Å². The van der Waals surface area contributed by atoms with E-state index in [0.29, 0.717) is 14.9 Å². The van der Waals surface area contributed by atoms with Gasteiger partial charge in [-0.1, -0.05) is 30.0 Å². The summed E-state index contributed by atoms with van der Waals surface area (Å²) >= 11 is 6.55. The lowest BCUT2D eigenvalue weighted by molar-refractivity contribution is -0.113. The van der Waals surface area contributed by atoms with Crippen molar-refractivity contribution >= 4 is 51.9 Å². The Hall–Kier alpha value is -2.64. The van der Waals surface area contributed by atoms with Gasteiger partial charge in [-0.05, 0) is 60.5 Å². The Morgan fingerprint density at radius 3 is 2.50 bits per heavy atom. The number of hydrogen-bond acceptors (Lipinski definition) is 5. The number of methoxy groups -OCH3 is 1. The molecule has 0 spiro atoms. The molecule has 2 aromatic carbocycles. The molecule has 1 saturated heterocycles. The van der Waals surface area contributed by atoms with Crippen LogP contribution in [0.4, 0.5) is 5.69 Å². The molecule has 0 radical (unpaired) electrons. The minimum atomic E-state index is -1.02. The minimum Gasteiger partial charge on any atom is -0.496 e. The quantitative estimate of drug-likeness (QED) is 0.631. The van der Waals surface area contributed by atoms with Gasteiger partial charge < -0.3 is 9.84 Å². The molecule has 1 fully saturated rings. The number of carbonyl (C=O) groups is 2. The molecule has 0 atom stereocenters. The summed E-state index contributed by atoms with van der Waals surface area (Å²) < 4.78 is 5.66. The van der Waals surface area contributed by atoms with Crippen LogP contribution in [0.15, 0.2) is 47.4 Å². The monoisotopic (exact) mass is 385 g/mol. The molecule has 0 aliphatic carbocycles. The number of benzene rings is 2. The van der Waals surface area contributed by atoms with Crippen molar-refractivity contribution < 1.29 is 19.4 Å². The number of carboxylic acids is 1. The van der Waals surface area contributed by atoms with E-state index in [-0.39, 0.29) is 11.5 Å². The zero-order valence-corrected chi connectivity index (χ0v) is 15.7. The lowest BCUT2D eigenvalue weighted by Crippen LogP contribution is -2.27. The zero-order valence-electron chi connectivity index (χ0n) is 14.1. The fraction of sp³-hybridized carbons (Fsp3) is 0.105. The Labute approximate surface area is 160 Å². The van der Waals surface area contributed by atoms with Crippen molar-refractivity contribution in [2.45, 2.75) is 6.92 Å². The van der Waals surface area contributed by atoms with E-state index in [1.54, 1.807) is 25.3 Å². The van der Waals surface area contributed by atoms with E-state index in [4.69, 9.17) is 22.1 Å². The third kappa shape index (κ3) is 3.49. The van der Waals surface area contributed by atoms with Gasteiger partial charge in [-0.25, -0.2) is 4.79 Å². The van der Waals surface area contributed by atoms with Crippen molar-refractivity contribution in [1.82, 2.24) is 0 Å². The summed E-state index contributed by atoms with van der Waals surface area (Å²) in [5.74, 6) is -0.457. The number of thiocarbonyl (C=S) groups is 1. The van der Waals surface area contributed by atoms with Crippen molar-refractivity contribution in [2.75, 3.05) is 12.0 Å². The second-order valence-corrected chi connectivity index (χ2v) is 7.27. The smallest absolute Gasteiger partial charge is 0.335 e. The van der Waals surface area contributed by atoms with Crippen LogP contribution in [0.5, 0.6) is 5.75 Å². The standard InChI is InChI=1S/C19H15NO4S2/c1-11-9-12(3-8-15(11)24-2)10-16-17(21)20(19(25)26-16)14-6-4-13(5-7-14)18(22)23/h3-10H,1-2H3,(H,22,23). The van der Waals surface area contributed by atoms with Crippen LogP contribution in [-0.4, -0.2) is 28.4 Å². The van der Waals surface area contributed by atoms with Gasteiger partial charge in [0.05, 0.1) is 23.3 Å². The number of carbonyl (C=O) groups excluding carboxylic acids is 1. The number of aromatic carboxylic acids is 1. The zero-order chi connectivity index (χ0) is 18.8. The summed E-state index contributed by atoms with van der Waals surface area (Å²) in [4.78, 5) is 25.6. The maximum atomic E-state index is 12.8. The van der Waals surface area contributed by atoms with E-state index in [9.17, 15) is 9.59 Å². The highest BCUT2D eigenvalue weighted by Crippen LogP contribution is 2.36. The van der Waals surface area contributed by atoms with Crippen molar-refractivity contribution in [3.8, 4) is 5.75 Å². The number of anilines is 1. The lowest BCUT2D eigenvalue weighted by atomic mass is 10.1. The summed E-state index contributed by atoms with van der Waals surface area (Å²) in [6.45, 7) is 1.94. The molecule has 1 heterocycles. The Morgan fingerprint density at radius 2 is 1.92 bits per heavy atom. The Bertz CT molecular complexity index is 935. The van der Waals surface area contributed by atoms with Gasteiger partial charge in [-0.3, -0.25) is 9.69 Å². The molecule has 26 heavy (non-hydrogen) atoms. The average molecular weight is 385 g/mol. The fourth-order valence-corrected chi connectivity index (χ4v) is 3.89. The van der Waals surface area contributed by atoms with Crippen LogP contribution in [-0.2, 0) is 4.79 Å². The number of hydrogen-bond donors (Lipinski definition) is 1. The van der Waals surface area contributed by atoms with E-state index < -0.39 is 5.97 Å². The number of ether oxygens (including phenoxy) is 1. The predicted octanol–water partition coefficient (Wildman–Crippen LogP) is 4.11. The van der Waals surface area contributed by atoms with E-state index in [1.807, 2.05) is 25.1 Å². The summed E-state index contributed by atoms with van der Waals surface area (Å²) in [5, 5.41) is 8.98. The molecule has 132 valence electrons. The maximum Gasteiger partial charge on any atom is 0.335 e. The summed E-state index contributed by atoms with van der Waals surface area (Å²) in [7, 11) is 1.61. The summed E-state index contributed by atoms with van der Waals surface area (Å²) in [6, 6.07) is 11.7. The second-order valence-electron chi connectivity index (χ2n) is 5.60. The first kappa shape index (κ1) is 18.2. The van der Waals surface area contributed by atoms with Crippen LogP contribution in [0.3, 0.4) is 0 Å². The molecule has 1 amide bonds. The number of nitrogens with zero attached hydrogens (tertiary/aromatic N) is 1. The second kappa shape index (κ2) is 7.31. The van der Waals surface area contributed by atoms with E-state index in [1.165, 1.54) is 28.8 Å². The molecular formula is C19H15NO4S2. The van der Waals surface area contributed by atoms with Gasteiger partial charge in [-0.2, -0.15) is 0 Å². The van der Waals surface area contributed by atoms with E-state index in [2.05, 4.69) is 0 Å². The normalized spacial score (nSPS) is 15.6. The van der Waals surface area contributed by atoms with Gasteiger partial charge in [-0.15, -0.1) is 0 Å². The maximum absolute atomic E-state index is 12.8. The molecule has 1 N–H and O–H groups in total. The first-order valence-corrected chi connectivity index (χ1v) is 8.89. The molecule has 7 heteroatoms.